The first-order valence-corrected chi connectivity index (χ1v) is 12.5. The van der Waals surface area contributed by atoms with E-state index in [1.807, 2.05) is 0 Å². The predicted molar refractivity (Wildman–Crippen MR) is 133 cm³/mol. The van der Waals surface area contributed by atoms with Gasteiger partial charge in [0, 0.05) is 12.8 Å². The number of rotatable bonds is 6. The van der Waals surface area contributed by atoms with E-state index < -0.39 is 9.84 Å². The summed E-state index contributed by atoms with van der Waals surface area (Å²) in [6.07, 6.45) is 0.577. The lowest BCUT2D eigenvalue weighted by Gasteiger charge is -2.14. The normalized spacial score (nSPS) is 11.5. The highest BCUT2D eigenvalue weighted by Gasteiger charge is 2.23. The zero-order valence-corrected chi connectivity index (χ0v) is 20.2. The Kier molecular flexibility index (Phi) is 6.45. The van der Waals surface area contributed by atoms with Gasteiger partial charge in [-0.15, -0.1) is 0 Å². The summed E-state index contributed by atoms with van der Waals surface area (Å²) < 4.78 is 27.3. The van der Waals surface area contributed by atoms with Gasteiger partial charge in [-0.2, -0.15) is 0 Å². The van der Waals surface area contributed by atoms with Crippen LogP contribution in [0.25, 0.3) is 0 Å². The Morgan fingerprint density at radius 1 is 0.571 bits per heavy atom. The highest BCUT2D eigenvalue weighted by Crippen LogP contribution is 2.34. The van der Waals surface area contributed by atoms with E-state index in [1.165, 1.54) is 48.5 Å². The van der Waals surface area contributed by atoms with Gasteiger partial charge in [0.25, 0.3) is 0 Å². The standard InChI is InChI=1S/C28H26O6S/c1-17-11-25(15-21(27(17)31)13-19-3-7-23(29)8-4-19)35(33,34)26-12-18(2)28(32)22(16-26)14-20-5-9-24(30)10-6-20/h3-12,15-16,29-32H,13-14H2,1-2H3. The highest BCUT2D eigenvalue weighted by molar-refractivity contribution is 7.91. The predicted octanol–water partition coefficient (Wildman–Crippen LogP) is 5.14. The van der Waals surface area contributed by atoms with Crippen molar-refractivity contribution in [2.45, 2.75) is 36.5 Å². The molecule has 0 unspecified atom stereocenters. The van der Waals surface area contributed by atoms with E-state index in [1.54, 1.807) is 38.1 Å². The fraction of sp³-hybridized carbons (Fsp3) is 0.143. The van der Waals surface area contributed by atoms with Gasteiger partial charge in [-0.1, -0.05) is 24.3 Å². The summed E-state index contributed by atoms with van der Waals surface area (Å²) in [5.41, 5.74) is 3.38. The largest absolute Gasteiger partial charge is 0.508 e. The lowest BCUT2D eigenvalue weighted by Crippen LogP contribution is -2.06. The summed E-state index contributed by atoms with van der Waals surface area (Å²) in [6, 6.07) is 18.8. The van der Waals surface area contributed by atoms with Gasteiger partial charge in [-0.3, -0.25) is 0 Å². The molecule has 0 saturated carbocycles. The molecule has 0 aliphatic carbocycles. The molecule has 0 spiro atoms. The Morgan fingerprint density at radius 2 is 0.914 bits per heavy atom. The molecule has 0 aliphatic rings. The van der Waals surface area contributed by atoms with Gasteiger partial charge < -0.3 is 20.4 Å². The molecular formula is C28H26O6S. The monoisotopic (exact) mass is 490 g/mol. The van der Waals surface area contributed by atoms with Crippen LogP contribution in [-0.2, 0) is 22.7 Å². The van der Waals surface area contributed by atoms with Gasteiger partial charge in [0.1, 0.15) is 23.0 Å². The molecule has 6 nitrogen and oxygen atoms in total. The molecule has 0 fully saturated rings. The van der Waals surface area contributed by atoms with Gasteiger partial charge in [0.2, 0.25) is 9.84 Å². The minimum Gasteiger partial charge on any atom is -0.508 e. The quantitative estimate of drug-likeness (QED) is 0.298. The van der Waals surface area contributed by atoms with Crippen molar-refractivity contribution in [1.29, 1.82) is 0 Å². The van der Waals surface area contributed by atoms with E-state index in [2.05, 4.69) is 0 Å². The highest BCUT2D eigenvalue weighted by atomic mass is 32.2. The van der Waals surface area contributed by atoms with Gasteiger partial charge >= 0.3 is 0 Å². The molecule has 4 rings (SSSR count). The topological polar surface area (TPSA) is 115 Å². The minimum absolute atomic E-state index is 0.0203. The molecule has 180 valence electrons. The van der Waals surface area contributed by atoms with Crippen LogP contribution in [0.15, 0.2) is 82.6 Å². The molecule has 4 aromatic rings. The molecule has 4 aromatic carbocycles. The van der Waals surface area contributed by atoms with Gasteiger partial charge in [0.15, 0.2) is 0 Å². The summed E-state index contributed by atoms with van der Waals surface area (Å²) in [6.45, 7) is 3.29. The molecule has 35 heavy (non-hydrogen) atoms. The third kappa shape index (κ3) is 5.10. The van der Waals surface area contributed by atoms with Crippen LogP contribution in [0.2, 0.25) is 0 Å². The van der Waals surface area contributed by atoms with Crippen LogP contribution in [-0.4, -0.2) is 28.8 Å². The summed E-state index contributed by atoms with van der Waals surface area (Å²) in [5, 5.41) is 40.2. The van der Waals surface area contributed by atoms with Crippen LogP contribution >= 0.6 is 0 Å². The minimum atomic E-state index is -3.96. The van der Waals surface area contributed by atoms with E-state index in [0.29, 0.717) is 22.3 Å². The summed E-state index contributed by atoms with van der Waals surface area (Å²) in [4.78, 5) is 0.0875. The first-order valence-electron chi connectivity index (χ1n) is 11.0. The van der Waals surface area contributed by atoms with E-state index in [-0.39, 0.29) is 45.6 Å². The molecular weight excluding hydrogens is 464 g/mol. The molecule has 0 aliphatic heterocycles. The number of aromatic hydroxyl groups is 4. The smallest absolute Gasteiger partial charge is 0.206 e. The average Bonchev–Trinajstić information content (AvgIpc) is 2.82. The van der Waals surface area contributed by atoms with Crippen LogP contribution in [0.3, 0.4) is 0 Å². The number of aryl methyl sites for hydroxylation is 2. The van der Waals surface area contributed by atoms with Gasteiger partial charge in [-0.25, -0.2) is 8.42 Å². The number of hydrogen-bond donors (Lipinski definition) is 4. The molecule has 0 heterocycles. The Hall–Kier alpha value is -3.97. The lowest BCUT2D eigenvalue weighted by molar-refractivity contribution is 0.464. The Morgan fingerprint density at radius 3 is 1.26 bits per heavy atom. The van der Waals surface area contributed by atoms with Crippen molar-refractivity contribution < 1.29 is 28.8 Å². The number of benzene rings is 4. The molecule has 0 atom stereocenters. The maximum atomic E-state index is 13.6. The average molecular weight is 491 g/mol. The SMILES string of the molecule is Cc1cc(S(=O)(=O)c2cc(C)c(O)c(Cc3ccc(O)cc3)c2)cc(Cc2ccc(O)cc2)c1O. The van der Waals surface area contributed by atoms with Crippen LogP contribution in [0.5, 0.6) is 23.0 Å². The maximum absolute atomic E-state index is 13.6. The maximum Gasteiger partial charge on any atom is 0.206 e. The molecule has 7 heteroatoms. The second-order valence-electron chi connectivity index (χ2n) is 8.69. The Labute approximate surface area is 204 Å². The third-order valence-electron chi connectivity index (χ3n) is 5.99. The van der Waals surface area contributed by atoms with E-state index >= 15 is 0 Å². The Bertz CT molecular complexity index is 1380. The lowest BCUT2D eigenvalue weighted by atomic mass is 10.0. The van der Waals surface area contributed by atoms with Crippen LogP contribution in [0, 0.1) is 13.8 Å². The van der Waals surface area contributed by atoms with E-state index in [9.17, 15) is 28.8 Å². The van der Waals surface area contributed by atoms with Crippen LogP contribution < -0.4 is 0 Å². The number of hydrogen-bond acceptors (Lipinski definition) is 6. The van der Waals surface area contributed by atoms with Crippen molar-refractivity contribution >= 4 is 9.84 Å². The zero-order chi connectivity index (χ0) is 25.3. The van der Waals surface area contributed by atoms with E-state index in [4.69, 9.17) is 0 Å². The summed E-state index contributed by atoms with van der Waals surface area (Å²) in [5.74, 6) is 0.284. The van der Waals surface area contributed by atoms with Gasteiger partial charge in [0.05, 0.1) is 9.79 Å². The zero-order valence-electron chi connectivity index (χ0n) is 19.4. The first-order chi connectivity index (χ1) is 16.5. The first kappa shape index (κ1) is 24.2. The van der Waals surface area contributed by atoms with E-state index in [0.717, 1.165) is 11.1 Å². The van der Waals surface area contributed by atoms with Crippen molar-refractivity contribution in [3.05, 3.63) is 106 Å². The van der Waals surface area contributed by atoms with Crippen molar-refractivity contribution in [2.24, 2.45) is 0 Å². The summed E-state index contributed by atoms with van der Waals surface area (Å²) in [7, 11) is -3.96. The fourth-order valence-electron chi connectivity index (χ4n) is 4.02. The number of sulfone groups is 1. The molecule has 0 saturated heterocycles. The summed E-state index contributed by atoms with van der Waals surface area (Å²) >= 11 is 0. The second kappa shape index (κ2) is 9.35. The van der Waals surface area contributed by atoms with Crippen molar-refractivity contribution in [3.63, 3.8) is 0 Å². The van der Waals surface area contributed by atoms with Gasteiger partial charge in [-0.05, 0) is 95.8 Å². The molecule has 0 aromatic heterocycles. The van der Waals surface area contributed by atoms with Crippen LogP contribution in [0.4, 0.5) is 0 Å². The number of phenols is 4. The van der Waals surface area contributed by atoms with Crippen molar-refractivity contribution in [2.75, 3.05) is 0 Å². The van der Waals surface area contributed by atoms with Crippen molar-refractivity contribution in [3.8, 4) is 23.0 Å². The van der Waals surface area contributed by atoms with Crippen LogP contribution in [0.1, 0.15) is 33.4 Å². The fourth-order valence-corrected chi connectivity index (χ4v) is 5.55. The number of phenolic OH excluding ortho intramolecular Hbond substituents is 4. The van der Waals surface area contributed by atoms with Crippen molar-refractivity contribution in [1.82, 2.24) is 0 Å². The molecule has 0 amide bonds. The molecule has 0 radical (unpaired) electrons. The second-order valence-corrected chi connectivity index (χ2v) is 10.6. The molecule has 0 bridgehead atoms. The third-order valence-corrected chi connectivity index (χ3v) is 7.70. The Balaban J connectivity index is 1.74. The molecule has 4 N–H and O–H groups in total.